The zero-order valence-corrected chi connectivity index (χ0v) is 13.7. The van der Waals surface area contributed by atoms with Crippen molar-refractivity contribution in [2.45, 2.75) is 31.6 Å². The van der Waals surface area contributed by atoms with Gasteiger partial charge in [0.05, 0.1) is 7.11 Å². The van der Waals surface area contributed by atoms with Crippen molar-refractivity contribution in [2.75, 3.05) is 7.11 Å². The summed E-state index contributed by atoms with van der Waals surface area (Å²) in [5.41, 5.74) is 5.55. The minimum atomic E-state index is -0.213. The number of methoxy groups -OCH3 is 1. The molecule has 0 aliphatic heterocycles. The van der Waals surface area contributed by atoms with Gasteiger partial charge in [0, 0.05) is 23.3 Å². The number of carbonyl (C=O) groups excluding carboxylic acids is 1. The lowest BCUT2D eigenvalue weighted by Crippen LogP contribution is -2.39. The second-order valence-electron chi connectivity index (χ2n) is 6.84. The number of carbonyl (C=O) groups is 1. The topological polar surface area (TPSA) is 26.3 Å². The number of rotatable bonds is 1. The van der Waals surface area contributed by atoms with Crippen LogP contribution in [0.3, 0.4) is 0 Å². The van der Waals surface area contributed by atoms with E-state index in [1.54, 1.807) is 7.11 Å². The zero-order chi connectivity index (χ0) is 16.2. The van der Waals surface area contributed by atoms with E-state index in [1.807, 2.05) is 24.3 Å². The summed E-state index contributed by atoms with van der Waals surface area (Å²) in [5, 5.41) is 0. The van der Waals surface area contributed by atoms with Gasteiger partial charge in [-0.05, 0) is 41.3 Å². The molecule has 0 radical (unpaired) electrons. The average molecular weight is 304 g/mol. The maximum Gasteiger partial charge on any atom is 0.164 e. The molecule has 0 spiro atoms. The number of ether oxygens (including phenoxy) is 1. The molecule has 0 saturated carbocycles. The van der Waals surface area contributed by atoms with E-state index in [1.165, 1.54) is 16.7 Å². The van der Waals surface area contributed by atoms with Crippen molar-refractivity contribution >= 4 is 11.4 Å². The highest BCUT2D eigenvalue weighted by Gasteiger charge is 2.46. The number of hydrogen-bond donors (Lipinski definition) is 0. The van der Waals surface area contributed by atoms with E-state index in [0.717, 1.165) is 16.9 Å². The van der Waals surface area contributed by atoms with Crippen LogP contribution in [-0.4, -0.2) is 12.9 Å². The van der Waals surface area contributed by atoms with Gasteiger partial charge in [0.2, 0.25) is 0 Å². The van der Waals surface area contributed by atoms with E-state index < -0.39 is 0 Å². The summed E-state index contributed by atoms with van der Waals surface area (Å²) in [7, 11) is 1.69. The highest BCUT2D eigenvalue weighted by molar-refractivity contribution is 6.01. The zero-order valence-electron chi connectivity index (χ0n) is 13.7. The van der Waals surface area contributed by atoms with Crippen LogP contribution in [0, 0.1) is 0 Å². The molecule has 23 heavy (non-hydrogen) atoms. The Balaban J connectivity index is 2.00. The molecule has 116 valence electrons. The van der Waals surface area contributed by atoms with Gasteiger partial charge in [0.25, 0.3) is 0 Å². The minimum Gasteiger partial charge on any atom is -0.497 e. The van der Waals surface area contributed by atoms with Gasteiger partial charge in [-0.1, -0.05) is 43.3 Å². The first kappa shape index (κ1) is 14.3. The molecule has 0 heterocycles. The van der Waals surface area contributed by atoms with Crippen molar-refractivity contribution in [3.8, 4) is 5.75 Å². The van der Waals surface area contributed by atoms with Gasteiger partial charge in [-0.25, -0.2) is 0 Å². The molecule has 2 atom stereocenters. The summed E-state index contributed by atoms with van der Waals surface area (Å²) in [5.74, 6) is 1.32. The Labute approximate surface area is 136 Å². The van der Waals surface area contributed by atoms with Crippen LogP contribution < -0.4 is 4.74 Å². The minimum absolute atomic E-state index is 0.213. The Morgan fingerprint density at radius 1 is 1.13 bits per heavy atom. The smallest absolute Gasteiger partial charge is 0.164 e. The fourth-order valence-electron chi connectivity index (χ4n) is 4.25. The molecule has 0 unspecified atom stereocenters. The number of fused-ring (bicyclic) bond motifs is 5. The quantitative estimate of drug-likeness (QED) is 0.760. The number of hydrogen-bond acceptors (Lipinski definition) is 2. The lowest BCUT2D eigenvalue weighted by atomic mass is 9.57. The SMILES string of the molecule is COc1ccc2c(c1)[C@]1(C)CC(=O)c3ccccc3[C@@H]1C=C2C. The van der Waals surface area contributed by atoms with E-state index >= 15 is 0 Å². The van der Waals surface area contributed by atoms with Crippen LogP contribution in [0.4, 0.5) is 0 Å². The lowest BCUT2D eigenvalue weighted by molar-refractivity contribution is 0.0931. The average Bonchev–Trinajstić information content (AvgIpc) is 2.57. The normalized spacial score (nSPS) is 25.1. The first-order valence-corrected chi connectivity index (χ1v) is 8.04. The Kier molecular flexibility index (Phi) is 2.99. The molecule has 2 aromatic carbocycles. The van der Waals surface area contributed by atoms with Gasteiger partial charge >= 0.3 is 0 Å². The molecule has 0 bridgehead atoms. The van der Waals surface area contributed by atoms with Crippen molar-refractivity contribution in [3.05, 3.63) is 70.8 Å². The fourth-order valence-corrected chi connectivity index (χ4v) is 4.25. The van der Waals surface area contributed by atoms with Crippen LogP contribution in [0.2, 0.25) is 0 Å². The summed E-state index contributed by atoms with van der Waals surface area (Å²) in [6, 6.07) is 14.3. The van der Waals surface area contributed by atoms with Crippen LogP contribution in [-0.2, 0) is 5.41 Å². The van der Waals surface area contributed by atoms with Crippen LogP contribution in [0.15, 0.2) is 48.5 Å². The number of benzene rings is 2. The molecule has 0 aromatic heterocycles. The number of Topliss-reactive ketones (excluding diaryl/α,β-unsaturated/α-hetero) is 1. The molecule has 2 nitrogen and oxygen atoms in total. The summed E-state index contributed by atoms with van der Waals surface area (Å²) in [6.07, 6.45) is 2.87. The summed E-state index contributed by atoms with van der Waals surface area (Å²) < 4.78 is 5.43. The number of ketones is 1. The van der Waals surface area contributed by atoms with Gasteiger partial charge in [-0.15, -0.1) is 0 Å². The van der Waals surface area contributed by atoms with E-state index in [0.29, 0.717) is 6.42 Å². The van der Waals surface area contributed by atoms with Crippen molar-refractivity contribution in [3.63, 3.8) is 0 Å². The van der Waals surface area contributed by atoms with Crippen LogP contribution in [0.5, 0.6) is 5.75 Å². The Hall–Kier alpha value is -2.35. The van der Waals surface area contributed by atoms with Gasteiger partial charge in [0.1, 0.15) is 5.75 Å². The third-order valence-electron chi connectivity index (χ3n) is 5.49. The van der Waals surface area contributed by atoms with Crippen LogP contribution in [0.1, 0.15) is 53.2 Å². The highest BCUT2D eigenvalue weighted by Crippen LogP contribution is 2.53. The molecule has 2 aliphatic rings. The summed E-state index contributed by atoms with van der Waals surface area (Å²) >= 11 is 0. The fraction of sp³-hybridized carbons (Fsp3) is 0.286. The summed E-state index contributed by atoms with van der Waals surface area (Å²) in [6.45, 7) is 4.37. The Morgan fingerprint density at radius 3 is 2.70 bits per heavy atom. The molecular weight excluding hydrogens is 284 g/mol. The van der Waals surface area contributed by atoms with Crippen LogP contribution >= 0.6 is 0 Å². The Morgan fingerprint density at radius 2 is 1.91 bits per heavy atom. The molecule has 2 aromatic rings. The monoisotopic (exact) mass is 304 g/mol. The number of allylic oxidation sites excluding steroid dienone is 2. The van der Waals surface area contributed by atoms with E-state index in [-0.39, 0.29) is 17.1 Å². The first-order valence-electron chi connectivity index (χ1n) is 8.04. The highest BCUT2D eigenvalue weighted by atomic mass is 16.5. The first-order chi connectivity index (χ1) is 11.0. The van der Waals surface area contributed by atoms with Gasteiger partial charge in [-0.3, -0.25) is 4.79 Å². The lowest BCUT2D eigenvalue weighted by Gasteiger charge is -2.45. The van der Waals surface area contributed by atoms with Crippen LogP contribution in [0.25, 0.3) is 5.57 Å². The molecule has 0 saturated heterocycles. The van der Waals surface area contributed by atoms with E-state index in [4.69, 9.17) is 4.74 Å². The second-order valence-corrected chi connectivity index (χ2v) is 6.84. The van der Waals surface area contributed by atoms with E-state index in [2.05, 4.69) is 38.1 Å². The molecular formula is C21H20O2. The second kappa shape index (κ2) is 4.82. The predicted octanol–water partition coefficient (Wildman–Crippen LogP) is 4.74. The molecule has 0 N–H and O–H groups in total. The summed E-state index contributed by atoms with van der Waals surface area (Å²) in [4.78, 5) is 12.7. The molecule has 0 fully saturated rings. The third kappa shape index (κ3) is 1.91. The van der Waals surface area contributed by atoms with Crippen molar-refractivity contribution in [1.82, 2.24) is 0 Å². The maximum absolute atomic E-state index is 12.7. The third-order valence-corrected chi connectivity index (χ3v) is 5.49. The van der Waals surface area contributed by atoms with Gasteiger partial charge < -0.3 is 4.74 Å². The van der Waals surface area contributed by atoms with E-state index in [9.17, 15) is 4.79 Å². The maximum atomic E-state index is 12.7. The van der Waals surface area contributed by atoms with Crippen molar-refractivity contribution in [1.29, 1.82) is 0 Å². The Bertz CT molecular complexity index is 847. The van der Waals surface area contributed by atoms with Gasteiger partial charge in [0.15, 0.2) is 5.78 Å². The molecule has 4 rings (SSSR count). The molecule has 0 amide bonds. The van der Waals surface area contributed by atoms with Crippen molar-refractivity contribution < 1.29 is 9.53 Å². The molecule has 2 aliphatic carbocycles. The standard InChI is InChI=1S/C21H20O2/c1-13-10-18-16-6-4-5-7-17(16)20(22)12-21(18,2)19-11-14(23-3)8-9-15(13)19/h4-11,18H,12H2,1-3H3/t18-,21+/m0/s1. The van der Waals surface area contributed by atoms with Crippen molar-refractivity contribution in [2.24, 2.45) is 0 Å². The predicted molar refractivity (Wildman–Crippen MR) is 92.1 cm³/mol. The largest absolute Gasteiger partial charge is 0.497 e. The van der Waals surface area contributed by atoms with Gasteiger partial charge in [-0.2, -0.15) is 0 Å². The molecule has 2 heteroatoms.